The van der Waals surface area contributed by atoms with E-state index in [1.165, 1.54) is 12.1 Å². The van der Waals surface area contributed by atoms with Gasteiger partial charge in [0, 0.05) is 12.2 Å². The van der Waals surface area contributed by atoms with Crippen molar-refractivity contribution in [3.05, 3.63) is 65.7 Å². The summed E-state index contributed by atoms with van der Waals surface area (Å²) in [4.78, 5) is 101. The lowest BCUT2D eigenvalue weighted by Gasteiger charge is -2.25. The van der Waals surface area contributed by atoms with E-state index in [2.05, 4.69) is 44.5 Å². The summed E-state index contributed by atoms with van der Waals surface area (Å²) in [6, 6.07) is 8.22. The normalized spacial score (nSPS) is 13.4. The summed E-state index contributed by atoms with van der Waals surface area (Å²) < 4.78 is 0. The lowest BCUT2D eigenvalue weighted by atomic mass is 10.0. The van der Waals surface area contributed by atoms with E-state index in [1.807, 2.05) is 0 Å². The Labute approximate surface area is 322 Å². The highest BCUT2D eigenvalue weighted by Gasteiger charge is 2.31. The molecule has 0 aromatic heterocycles. The number of nitrogens with one attached hydrogen (secondary N) is 6. The first-order chi connectivity index (χ1) is 26.1. The number of hydrogen-bond donors (Lipinski definition) is 12. The zero-order valence-corrected chi connectivity index (χ0v) is 30.9. The highest BCUT2D eigenvalue weighted by molar-refractivity contribution is 7.80. The number of carbonyl (C=O) groups is 8. The number of thiol groups is 1. The molecule has 5 unspecified atom stereocenters. The van der Waals surface area contributed by atoms with Gasteiger partial charge in [0.15, 0.2) is 0 Å². The molecule has 14 N–H and O–H groups in total. The maximum Gasteiger partial charge on any atom is 0.326 e. The predicted molar refractivity (Wildman–Crippen MR) is 202 cm³/mol. The Kier molecular flexibility index (Phi) is 19.7. The van der Waals surface area contributed by atoms with E-state index >= 15 is 0 Å². The summed E-state index contributed by atoms with van der Waals surface area (Å²) in [6.07, 6.45) is 0.300. The third-order valence-electron chi connectivity index (χ3n) is 7.95. The molecular weight excluding hydrogens is 739 g/mol. The Morgan fingerprint density at radius 3 is 1.84 bits per heavy atom. The molecule has 0 aliphatic carbocycles. The van der Waals surface area contributed by atoms with Crippen molar-refractivity contribution in [3.63, 3.8) is 0 Å². The minimum Gasteiger partial charge on any atom is -0.508 e. The number of phenolic OH excluding ortho intramolecular Hbond substituents is 1. The average Bonchev–Trinajstić information content (AvgIpc) is 3.15. The van der Waals surface area contributed by atoms with Crippen LogP contribution in [0.25, 0.3) is 0 Å². The number of carboxylic acid groups (broad SMARTS) is 1. The smallest absolute Gasteiger partial charge is 0.326 e. The number of primary amides is 1. The standard InChI is InChI=1S/C35H49N9O10S/c36-13-5-4-8-24(42-34(52)27(19-55)44-31(49)23(37)14-21-9-11-22(45)12-10-21)33(51)43-25(16-28(38)46)32(50)40-17-29(47)39-18-30(48)41-26(35(53)54)15-20-6-2-1-3-7-20/h1-3,6-7,9-12,23-27,45,55H,4-5,8,13-19,36-37H2,(H2,38,46)(H,39,47)(H,40,50)(H,41,48)(H,42,52)(H,43,51)(H,44,49)(H,53,54). The van der Waals surface area contributed by atoms with Crippen molar-refractivity contribution in [1.29, 1.82) is 0 Å². The monoisotopic (exact) mass is 787 g/mol. The van der Waals surface area contributed by atoms with Gasteiger partial charge in [0.2, 0.25) is 41.4 Å². The van der Waals surface area contributed by atoms with E-state index < -0.39 is 97.0 Å². The molecule has 0 saturated heterocycles. The van der Waals surface area contributed by atoms with Gasteiger partial charge in [0.1, 0.15) is 29.9 Å². The molecule has 0 aliphatic rings. The molecule has 0 fully saturated rings. The van der Waals surface area contributed by atoms with Crippen LogP contribution in [0.5, 0.6) is 5.75 Å². The Morgan fingerprint density at radius 2 is 1.24 bits per heavy atom. The minimum absolute atomic E-state index is 0.000502. The zero-order valence-electron chi connectivity index (χ0n) is 30.0. The second kappa shape index (κ2) is 23.8. The number of hydrogen-bond acceptors (Lipinski definition) is 12. The van der Waals surface area contributed by atoms with Gasteiger partial charge in [-0.1, -0.05) is 42.5 Å². The Morgan fingerprint density at radius 1 is 0.655 bits per heavy atom. The molecule has 300 valence electrons. The van der Waals surface area contributed by atoms with Crippen LogP contribution >= 0.6 is 12.6 Å². The molecule has 7 amide bonds. The van der Waals surface area contributed by atoms with E-state index in [0.717, 1.165) is 0 Å². The van der Waals surface area contributed by atoms with E-state index in [0.29, 0.717) is 24.0 Å². The van der Waals surface area contributed by atoms with E-state index in [4.69, 9.17) is 17.2 Å². The van der Waals surface area contributed by atoms with Crippen LogP contribution < -0.4 is 49.1 Å². The third-order valence-corrected chi connectivity index (χ3v) is 8.31. The maximum atomic E-state index is 13.4. The minimum atomic E-state index is -1.58. The molecule has 0 radical (unpaired) electrons. The molecule has 0 aliphatic heterocycles. The van der Waals surface area contributed by atoms with E-state index in [9.17, 15) is 48.6 Å². The van der Waals surface area contributed by atoms with Gasteiger partial charge in [-0.25, -0.2) is 4.79 Å². The first-order valence-electron chi connectivity index (χ1n) is 17.3. The number of phenols is 1. The van der Waals surface area contributed by atoms with Crippen LogP contribution in [-0.4, -0.2) is 113 Å². The quantitative estimate of drug-likeness (QED) is 0.0368. The number of benzene rings is 2. The number of aromatic hydroxyl groups is 1. The first-order valence-corrected chi connectivity index (χ1v) is 17.9. The van der Waals surface area contributed by atoms with Crippen molar-refractivity contribution in [3.8, 4) is 5.75 Å². The molecular formula is C35H49N9O10S. The number of carbonyl (C=O) groups excluding carboxylic acids is 7. The van der Waals surface area contributed by atoms with Crippen LogP contribution in [-0.2, 0) is 51.2 Å². The Balaban J connectivity index is 1.99. The van der Waals surface area contributed by atoms with Crippen molar-refractivity contribution in [2.75, 3.05) is 25.4 Å². The summed E-state index contributed by atoms with van der Waals surface area (Å²) >= 11 is 4.15. The summed E-state index contributed by atoms with van der Waals surface area (Å²) in [6.45, 7) is -1.03. The second-order valence-electron chi connectivity index (χ2n) is 12.4. The van der Waals surface area contributed by atoms with Gasteiger partial charge in [-0.3, -0.25) is 33.6 Å². The predicted octanol–water partition coefficient (Wildman–Crippen LogP) is -3.30. The van der Waals surface area contributed by atoms with Crippen LogP contribution in [0.15, 0.2) is 54.6 Å². The Bertz CT molecular complexity index is 1630. The largest absolute Gasteiger partial charge is 0.508 e. The molecule has 0 heterocycles. The van der Waals surface area contributed by atoms with Crippen molar-refractivity contribution < 1.29 is 48.6 Å². The van der Waals surface area contributed by atoms with Crippen LogP contribution in [0, 0.1) is 0 Å². The van der Waals surface area contributed by atoms with Gasteiger partial charge in [0.25, 0.3) is 0 Å². The zero-order chi connectivity index (χ0) is 40.9. The summed E-state index contributed by atoms with van der Waals surface area (Å²) in [7, 11) is 0. The van der Waals surface area contributed by atoms with Gasteiger partial charge in [-0.15, -0.1) is 0 Å². The van der Waals surface area contributed by atoms with E-state index in [1.54, 1.807) is 42.5 Å². The van der Waals surface area contributed by atoms with Crippen LogP contribution in [0.1, 0.15) is 36.8 Å². The fraction of sp³-hybridized carbons (Fsp3) is 0.429. The first kappa shape index (κ1) is 45.4. The van der Waals surface area contributed by atoms with Crippen LogP contribution in [0.4, 0.5) is 0 Å². The molecule has 2 aromatic carbocycles. The highest BCUT2D eigenvalue weighted by Crippen LogP contribution is 2.11. The van der Waals surface area contributed by atoms with E-state index in [-0.39, 0.29) is 37.3 Å². The number of unbranched alkanes of at least 4 members (excludes halogenated alkanes) is 1. The number of carboxylic acids is 1. The molecule has 55 heavy (non-hydrogen) atoms. The van der Waals surface area contributed by atoms with Crippen molar-refractivity contribution >= 4 is 59.9 Å². The highest BCUT2D eigenvalue weighted by atomic mass is 32.1. The van der Waals surface area contributed by atoms with Gasteiger partial charge in [-0.2, -0.15) is 12.6 Å². The maximum absolute atomic E-state index is 13.4. The molecule has 19 nitrogen and oxygen atoms in total. The Hall–Kier alpha value is -5.73. The summed E-state index contributed by atoms with van der Waals surface area (Å²) in [5.41, 5.74) is 18.2. The number of nitrogens with two attached hydrogens (primary N) is 3. The number of rotatable bonds is 24. The van der Waals surface area contributed by atoms with Crippen molar-refractivity contribution in [2.24, 2.45) is 17.2 Å². The fourth-order valence-electron chi connectivity index (χ4n) is 5.00. The summed E-state index contributed by atoms with van der Waals surface area (Å²) in [5.74, 6) is -7.40. The molecule has 0 saturated carbocycles. The SMILES string of the molecule is NCCCCC(NC(=O)C(CS)NC(=O)C(N)Cc1ccc(O)cc1)C(=O)NC(CC(N)=O)C(=O)NCC(=O)NCC(=O)NC(Cc1ccccc1)C(=O)O. The fourth-order valence-corrected chi connectivity index (χ4v) is 5.25. The molecule has 20 heteroatoms. The van der Waals surface area contributed by atoms with Gasteiger partial charge in [-0.05, 0) is 55.5 Å². The lowest BCUT2D eigenvalue weighted by molar-refractivity contribution is -0.141. The van der Waals surface area contributed by atoms with Crippen LogP contribution in [0.2, 0.25) is 0 Å². The average molecular weight is 788 g/mol. The second-order valence-corrected chi connectivity index (χ2v) is 12.8. The molecule has 5 atom stereocenters. The number of aliphatic carboxylic acids is 1. The molecule has 2 rings (SSSR count). The summed E-state index contributed by atoms with van der Waals surface area (Å²) in [5, 5.41) is 33.1. The molecule has 2 aromatic rings. The van der Waals surface area contributed by atoms with Crippen molar-refractivity contribution in [1.82, 2.24) is 31.9 Å². The van der Waals surface area contributed by atoms with Crippen molar-refractivity contribution in [2.45, 2.75) is 68.7 Å². The third kappa shape index (κ3) is 17.3. The molecule has 0 bridgehead atoms. The number of amides is 7. The van der Waals surface area contributed by atoms with Gasteiger partial charge >= 0.3 is 5.97 Å². The van der Waals surface area contributed by atoms with Gasteiger partial charge < -0.3 is 59.3 Å². The topological polar surface area (TPSA) is 327 Å². The van der Waals surface area contributed by atoms with Gasteiger partial charge in [0.05, 0.1) is 25.6 Å². The lowest BCUT2D eigenvalue weighted by Crippen LogP contribution is -2.59. The molecule has 0 spiro atoms. The van der Waals surface area contributed by atoms with Crippen LogP contribution in [0.3, 0.4) is 0 Å².